The number of nitrogens with one attached hydrogen (secondary N) is 2. The Hall–Kier alpha value is -4.66. The van der Waals surface area contributed by atoms with Crippen molar-refractivity contribution in [1.82, 2.24) is 25.3 Å². The summed E-state index contributed by atoms with van der Waals surface area (Å²) in [5.41, 5.74) is 3.07. The summed E-state index contributed by atoms with van der Waals surface area (Å²) >= 11 is 0. The average Bonchev–Trinajstić information content (AvgIpc) is 3.46. The van der Waals surface area contributed by atoms with Gasteiger partial charge in [-0.3, -0.25) is 19.6 Å². The molecule has 0 saturated carbocycles. The van der Waals surface area contributed by atoms with Crippen LogP contribution in [0.4, 0.5) is 4.79 Å². The maximum atomic E-state index is 13.0. The molecule has 6 rings (SSSR count). The lowest BCUT2D eigenvalue weighted by Gasteiger charge is -2.31. The Morgan fingerprint density at radius 3 is 2.51 bits per heavy atom. The topological polar surface area (TPSA) is 117 Å². The minimum atomic E-state index is -1.43. The predicted molar refractivity (Wildman–Crippen MR) is 127 cm³/mol. The number of carbonyl (C=O) groups is 3. The fraction of sp³-hybridized carbons (Fsp3) is 0.154. The smallest absolute Gasteiger partial charge is 0.322 e. The lowest BCUT2D eigenvalue weighted by molar-refractivity contribution is -0.124. The summed E-state index contributed by atoms with van der Waals surface area (Å²) in [7, 11) is 1.88. The molecule has 1 atom stereocenters. The zero-order valence-corrected chi connectivity index (χ0v) is 18.8. The van der Waals surface area contributed by atoms with Gasteiger partial charge in [-0.2, -0.15) is 5.10 Å². The second-order valence-electron chi connectivity index (χ2n) is 8.97. The van der Waals surface area contributed by atoms with Crippen LogP contribution in [0.3, 0.4) is 0 Å². The number of phenolic OH excluding ortho intramolecular Hbond substituents is 1. The van der Waals surface area contributed by atoms with E-state index in [1.807, 2.05) is 43.6 Å². The Kier molecular flexibility index (Phi) is 4.44. The van der Waals surface area contributed by atoms with Crippen molar-refractivity contribution in [1.29, 1.82) is 0 Å². The van der Waals surface area contributed by atoms with Gasteiger partial charge in [0.05, 0.1) is 12.1 Å². The summed E-state index contributed by atoms with van der Waals surface area (Å²) in [6, 6.07) is 17.4. The average molecular weight is 467 g/mol. The fourth-order valence-electron chi connectivity index (χ4n) is 4.93. The van der Waals surface area contributed by atoms with E-state index < -0.39 is 17.5 Å². The number of hydrogen-bond donors (Lipinski definition) is 3. The van der Waals surface area contributed by atoms with E-state index in [9.17, 15) is 19.5 Å². The summed E-state index contributed by atoms with van der Waals surface area (Å²) in [4.78, 5) is 39.8. The van der Waals surface area contributed by atoms with Gasteiger partial charge in [0.2, 0.25) is 0 Å². The first-order chi connectivity index (χ1) is 16.8. The maximum absolute atomic E-state index is 13.0. The van der Waals surface area contributed by atoms with Crippen molar-refractivity contribution in [2.24, 2.45) is 7.05 Å². The number of amides is 4. The second kappa shape index (κ2) is 7.42. The summed E-state index contributed by atoms with van der Waals surface area (Å²) in [6.07, 6.45) is 1.95. The van der Waals surface area contributed by atoms with E-state index in [-0.39, 0.29) is 24.7 Å². The van der Waals surface area contributed by atoms with E-state index in [1.54, 1.807) is 22.9 Å². The predicted octanol–water partition coefficient (Wildman–Crippen LogP) is 2.64. The number of aromatic hydroxyl groups is 1. The van der Waals surface area contributed by atoms with E-state index in [0.29, 0.717) is 11.1 Å². The van der Waals surface area contributed by atoms with Gasteiger partial charge in [-0.25, -0.2) is 4.79 Å². The van der Waals surface area contributed by atoms with Crippen LogP contribution in [0.1, 0.15) is 21.5 Å². The highest BCUT2D eigenvalue weighted by Crippen LogP contribution is 2.33. The van der Waals surface area contributed by atoms with Crippen LogP contribution in [0, 0.1) is 0 Å². The van der Waals surface area contributed by atoms with Crippen molar-refractivity contribution in [2.75, 3.05) is 6.54 Å². The number of carbonyl (C=O) groups excluding carboxylic acids is 3. The third-order valence-electron chi connectivity index (χ3n) is 6.67. The summed E-state index contributed by atoms with van der Waals surface area (Å²) in [5.74, 6) is -0.818. The van der Waals surface area contributed by atoms with Crippen LogP contribution in [-0.4, -0.2) is 44.2 Å². The van der Waals surface area contributed by atoms with Crippen molar-refractivity contribution in [3.63, 3.8) is 0 Å². The monoisotopic (exact) mass is 467 g/mol. The fourth-order valence-corrected chi connectivity index (χ4v) is 4.93. The SMILES string of the molecule is Cn1cc2ccc(-c3ccc([C@]4(CN5Cc6ccc(O)cc6C5=O)NC(=O)NC4=O)cc3)cc2n1. The molecule has 2 aliphatic heterocycles. The number of fused-ring (bicyclic) bond motifs is 2. The van der Waals surface area contributed by atoms with Crippen LogP contribution in [0.15, 0.2) is 66.9 Å². The van der Waals surface area contributed by atoms with Gasteiger partial charge in [-0.05, 0) is 40.5 Å². The van der Waals surface area contributed by atoms with Gasteiger partial charge in [-0.15, -0.1) is 0 Å². The van der Waals surface area contributed by atoms with Crippen molar-refractivity contribution in [3.05, 3.63) is 83.6 Å². The van der Waals surface area contributed by atoms with E-state index in [1.165, 1.54) is 17.0 Å². The summed E-state index contributed by atoms with van der Waals surface area (Å²) in [6.45, 7) is 0.236. The Labute approximate surface area is 200 Å². The third-order valence-corrected chi connectivity index (χ3v) is 6.67. The summed E-state index contributed by atoms with van der Waals surface area (Å²) in [5, 5.41) is 20.3. The molecule has 3 aromatic carbocycles. The number of phenols is 1. The lowest BCUT2D eigenvalue weighted by Crippen LogP contribution is -2.52. The molecule has 1 saturated heterocycles. The van der Waals surface area contributed by atoms with Crippen LogP contribution < -0.4 is 10.6 Å². The minimum Gasteiger partial charge on any atom is -0.508 e. The Balaban J connectivity index is 1.34. The number of imide groups is 1. The molecule has 1 aromatic heterocycles. The van der Waals surface area contributed by atoms with E-state index >= 15 is 0 Å². The van der Waals surface area contributed by atoms with Gasteiger partial charge in [0.1, 0.15) is 5.75 Å². The molecule has 9 heteroatoms. The molecule has 2 aliphatic rings. The Bertz CT molecular complexity index is 1540. The molecule has 0 aliphatic carbocycles. The number of urea groups is 1. The molecular formula is C26H21N5O4. The zero-order valence-electron chi connectivity index (χ0n) is 18.8. The summed E-state index contributed by atoms with van der Waals surface area (Å²) < 4.78 is 1.77. The van der Waals surface area contributed by atoms with Gasteiger partial charge >= 0.3 is 6.03 Å². The molecule has 4 amide bonds. The number of rotatable bonds is 4. The number of aromatic nitrogens is 2. The van der Waals surface area contributed by atoms with Crippen molar-refractivity contribution >= 4 is 28.7 Å². The van der Waals surface area contributed by atoms with Crippen LogP contribution >= 0.6 is 0 Å². The van der Waals surface area contributed by atoms with Crippen molar-refractivity contribution < 1.29 is 19.5 Å². The minimum absolute atomic E-state index is 0.0000507. The van der Waals surface area contributed by atoms with Gasteiger partial charge in [0.25, 0.3) is 11.8 Å². The third kappa shape index (κ3) is 3.31. The van der Waals surface area contributed by atoms with Crippen LogP contribution in [-0.2, 0) is 23.9 Å². The molecule has 1 fully saturated rings. The molecule has 0 bridgehead atoms. The van der Waals surface area contributed by atoms with E-state index in [4.69, 9.17) is 0 Å². The zero-order chi connectivity index (χ0) is 24.3. The van der Waals surface area contributed by atoms with Crippen molar-refractivity contribution in [3.8, 4) is 16.9 Å². The molecule has 4 aromatic rings. The molecule has 9 nitrogen and oxygen atoms in total. The lowest BCUT2D eigenvalue weighted by atomic mass is 9.88. The van der Waals surface area contributed by atoms with Crippen LogP contribution in [0.25, 0.3) is 22.0 Å². The standard InChI is InChI=1S/C26H21N5O4/c1-30-12-18-3-2-16(10-22(18)29-30)15-4-7-19(8-5-15)26(24(34)27-25(35)28-26)14-31-13-17-6-9-20(32)11-21(17)23(31)33/h2-12,32H,13-14H2,1H3,(H2,27,28,34,35)/t26-/m0/s1. The molecule has 3 N–H and O–H groups in total. The first kappa shape index (κ1) is 20.9. The molecule has 0 unspecified atom stereocenters. The number of nitrogens with zero attached hydrogens (tertiary/aromatic N) is 3. The van der Waals surface area contributed by atoms with Crippen LogP contribution in [0.5, 0.6) is 5.75 Å². The molecule has 0 radical (unpaired) electrons. The van der Waals surface area contributed by atoms with E-state index in [2.05, 4.69) is 15.7 Å². The maximum Gasteiger partial charge on any atom is 0.322 e. The quantitative estimate of drug-likeness (QED) is 0.399. The second-order valence-corrected chi connectivity index (χ2v) is 8.97. The number of hydrogen-bond acceptors (Lipinski definition) is 5. The molecule has 0 spiro atoms. The first-order valence-corrected chi connectivity index (χ1v) is 11.1. The molecular weight excluding hydrogens is 446 g/mol. The Morgan fingerprint density at radius 1 is 1.00 bits per heavy atom. The van der Waals surface area contributed by atoms with Crippen LogP contribution in [0.2, 0.25) is 0 Å². The van der Waals surface area contributed by atoms with Gasteiger partial charge < -0.3 is 15.3 Å². The van der Waals surface area contributed by atoms with Gasteiger partial charge in [0, 0.05) is 30.7 Å². The van der Waals surface area contributed by atoms with Gasteiger partial charge in [0.15, 0.2) is 5.54 Å². The number of aryl methyl sites for hydroxylation is 1. The van der Waals surface area contributed by atoms with E-state index in [0.717, 1.165) is 27.6 Å². The largest absolute Gasteiger partial charge is 0.508 e. The highest BCUT2D eigenvalue weighted by atomic mass is 16.3. The van der Waals surface area contributed by atoms with Gasteiger partial charge in [-0.1, -0.05) is 42.5 Å². The normalized spacial score (nSPS) is 19.2. The highest BCUT2D eigenvalue weighted by Gasteiger charge is 2.50. The highest BCUT2D eigenvalue weighted by molar-refractivity contribution is 6.08. The molecule has 3 heterocycles. The molecule has 174 valence electrons. The van der Waals surface area contributed by atoms with Crippen molar-refractivity contribution in [2.45, 2.75) is 12.1 Å². The first-order valence-electron chi connectivity index (χ1n) is 11.1. The molecule has 35 heavy (non-hydrogen) atoms. The Morgan fingerprint density at radius 2 is 1.77 bits per heavy atom. The number of benzene rings is 3.